The van der Waals surface area contributed by atoms with Gasteiger partial charge in [0.1, 0.15) is 11.5 Å². The summed E-state index contributed by atoms with van der Waals surface area (Å²) in [4.78, 5) is 13.3. The molecule has 0 spiro atoms. The monoisotopic (exact) mass is 288 g/mol. The highest BCUT2D eigenvalue weighted by molar-refractivity contribution is 5.50. The molecule has 1 unspecified atom stereocenters. The molecule has 0 aliphatic carbocycles. The van der Waals surface area contributed by atoms with Gasteiger partial charge in [0, 0.05) is 6.54 Å². The van der Waals surface area contributed by atoms with Gasteiger partial charge in [0.15, 0.2) is 5.82 Å². The fourth-order valence-corrected chi connectivity index (χ4v) is 2.60. The van der Waals surface area contributed by atoms with Crippen LogP contribution in [0.3, 0.4) is 0 Å². The number of hydrogen-bond donors (Lipinski definition) is 1. The Morgan fingerprint density at radius 2 is 2.10 bits per heavy atom. The van der Waals surface area contributed by atoms with Crippen LogP contribution in [0.1, 0.15) is 18.3 Å². The zero-order valence-electron chi connectivity index (χ0n) is 12.4. The molecule has 3 rings (SSSR count). The van der Waals surface area contributed by atoms with Crippen molar-refractivity contribution < 1.29 is 4.52 Å². The van der Waals surface area contributed by atoms with Gasteiger partial charge in [-0.1, -0.05) is 11.2 Å². The minimum atomic E-state index is 0.135. The first-order chi connectivity index (χ1) is 10.1. The van der Waals surface area contributed by atoms with Crippen molar-refractivity contribution in [3.8, 4) is 11.6 Å². The van der Waals surface area contributed by atoms with E-state index in [0.29, 0.717) is 23.2 Å². The van der Waals surface area contributed by atoms with E-state index >= 15 is 0 Å². The Morgan fingerprint density at radius 3 is 2.90 bits per heavy atom. The van der Waals surface area contributed by atoms with Gasteiger partial charge >= 0.3 is 0 Å². The lowest BCUT2D eigenvalue weighted by Crippen LogP contribution is -2.31. The lowest BCUT2D eigenvalue weighted by atomic mass is 10.2. The molecule has 3 heterocycles. The van der Waals surface area contributed by atoms with Gasteiger partial charge in [-0.25, -0.2) is 4.98 Å². The Hall–Kier alpha value is -1.99. The van der Waals surface area contributed by atoms with Crippen molar-refractivity contribution in [2.24, 2.45) is 0 Å². The van der Waals surface area contributed by atoms with Gasteiger partial charge in [-0.3, -0.25) is 4.90 Å². The summed E-state index contributed by atoms with van der Waals surface area (Å²) < 4.78 is 5.36. The fourth-order valence-electron chi connectivity index (χ4n) is 2.60. The Morgan fingerprint density at radius 1 is 1.24 bits per heavy atom. The summed E-state index contributed by atoms with van der Waals surface area (Å²) >= 11 is 0. The third-order valence-corrected chi connectivity index (χ3v) is 3.80. The number of anilines is 1. The molecule has 7 heteroatoms. The molecule has 2 aromatic rings. The number of nitrogens with zero attached hydrogens (tertiary/aromatic N) is 5. The van der Waals surface area contributed by atoms with Gasteiger partial charge in [0.05, 0.1) is 6.04 Å². The van der Waals surface area contributed by atoms with Crippen LogP contribution >= 0.6 is 0 Å². The predicted molar refractivity (Wildman–Crippen MR) is 79.4 cm³/mol. The standard InChI is InChI=1S/C14H20N6O/c1-19-7-4-8-20(2)11(9-19)13-17-14(21-18-13)10-5-3-6-12(15)16-10/h3,5-6,11H,4,7-9H2,1-2H3,(H2,15,16). The topological polar surface area (TPSA) is 84.3 Å². The number of rotatable bonds is 2. The van der Waals surface area contributed by atoms with Crippen LogP contribution in [0.15, 0.2) is 22.7 Å². The van der Waals surface area contributed by atoms with Crippen LogP contribution in [0, 0.1) is 0 Å². The molecular formula is C14H20N6O. The molecule has 1 aliphatic rings. The normalized spacial score (nSPS) is 21.3. The van der Waals surface area contributed by atoms with E-state index in [4.69, 9.17) is 10.3 Å². The third kappa shape index (κ3) is 3.03. The van der Waals surface area contributed by atoms with Crippen molar-refractivity contribution in [2.45, 2.75) is 12.5 Å². The maximum atomic E-state index is 5.69. The summed E-state index contributed by atoms with van der Waals surface area (Å²) in [7, 11) is 4.21. The van der Waals surface area contributed by atoms with E-state index < -0.39 is 0 Å². The molecule has 0 amide bonds. The number of nitrogens with two attached hydrogens (primary N) is 1. The van der Waals surface area contributed by atoms with Crippen molar-refractivity contribution in [1.82, 2.24) is 24.9 Å². The van der Waals surface area contributed by atoms with Crippen molar-refractivity contribution in [3.63, 3.8) is 0 Å². The Bertz CT molecular complexity index is 613. The Balaban J connectivity index is 1.86. The van der Waals surface area contributed by atoms with Crippen LogP contribution in [0.5, 0.6) is 0 Å². The van der Waals surface area contributed by atoms with Gasteiger partial charge in [0.25, 0.3) is 5.89 Å². The van der Waals surface area contributed by atoms with E-state index in [-0.39, 0.29) is 6.04 Å². The molecule has 2 N–H and O–H groups in total. The first-order valence-electron chi connectivity index (χ1n) is 7.09. The molecule has 7 nitrogen and oxygen atoms in total. The summed E-state index contributed by atoms with van der Waals surface area (Å²) in [6.07, 6.45) is 1.14. The fraction of sp³-hybridized carbons (Fsp3) is 0.500. The summed E-state index contributed by atoms with van der Waals surface area (Å²) in [5, 5.41) is 4.14. The summed E-state index contributed by atoms with van der Waals surface area (Å²) in [5.41, 5.74) is 6.30. The molecule has 0 saturated carbocycles. The highest BCUT2D eigenvalue weighted by Crippen LogP contribution is 2.23. The lowest BCUT2D eigenvalue weighted by Gasteiger charge is -2.24. The van der Waals surface area contributed by atoms with E-state index in [1.54, 1.807) is 6.07 Å². The van der Waals surface area contributed by atoms with Gasteiger partial charge in [-0.15, -0.1) is 0 Å². The van der Waals surface area contributed by atoms with Crippen molar-refractivity contribution >= 4 is 5.82 Å². The third-order valence-electron chi connectivity index (χ3n) is 3.80. The summed E-state index contributed by atoms with van der Waals surface area (Å²) in [6, 6.07) is 5.51. The van der Waals surface area contributed by atoms with E-state index in [9.17, 15) is 0 Å². The Labute approximate surface area is 123 Å². The highest BCUT2D eigenvalue weighted by Gasteiger charge is 2.26. The minimum absolute atomic E-state index is 0.135. The van der Waals surface area contributed by atoms with E-state index in [1.165, 1.54) is 0 Å². The number of pyridine rings is 1. The first kappa shape index (κ1) is 14.0. The highest BCUT2D eigenvalue weighted by atomic mass is 16.5. The van der Waals surface area contributed by atoms with Crippen LogP contribution in [-0.4, -0.2) is 58.7 Å². The van der Waals surface area contributed by atoms with Crippen molar-refractivity contribution in [1.29, 1.82) is 0 Å². The zero-order valence-corrected chi connectivity index (χ0v) is 12.4. The van der Waals surface area contributed by atoms with Crippen LogP contribution in [0.25, 0.3) is 11.6 Å². The number of likely N-dealkylation sites (N-methyl/N-ethyl adjacent to an activating group) is 2. The van der Waals surface area contributed by atoms with Gasteiger partial charge in [-0.2, -0.15) is 4.98 Å². The van der Waals surface area contributed by atoms with E-state index in [2.05, 4.69) is 39.0 Å². The van der Waals surface area contributed by atoms with Crippen LogP contribution in [0.2, 0.25) is 0 Å². The molecule has 0 aromatic carbocycles. The average molecular weight is 288 g/mol. The zero-order chi connectivity index (χ0) is 14.8. The molecule has 1 fully saturated rings. The molecule has 1 atom stereocenters. The minimum Gasteiger partial charge on any atom is -0.384 e. The predicted octanol–water partition coefficient (Wildman–Crippen LogP) is 1.02. The summed E-state index contributed by atoms with van der Waals surface area (Å²) in [6.45, 7) is 3.00. The number of hydrogen-bond acceptors (Lipinski definition) is 7. The number of nitrogen functional groups attached to an aromatic ring is 1. The molecular weight excluding hydrogens is 268 g/mol. The molecule has 2 aromatic heterocycles. The maximum Gasteiger partial charge on any atom is 0.276 e. The van der Waals surface area contributed by atoms with Gasteiger partial charge < -0.3 is 15.2 Å². The van der Waals surface area contributed by atoms with Gasteiger partial charge in [0.2, 0.25) is 0 Å². The Kier molecular flexibility index (Phi) is 3.85. The molecule has 112 valence electrons. The first-order valence-corrected chi connectivity index (χ1v) is 7.09. The van der Waals surface area contributed by atoms with Crippen molar-refractivity contribution in [3.05, 3.63) is 24.0 Å². The van der Waals surface area contributed by atoms with Crippen LogP contribution in [0.4, 0.5) is 5.82 Å². The van der Waals surface area contributed by atoms with Gasteiger partial charge in [-0.05, 0) is 45.7 Å². The molecule has 1 saturated heterocycles. The van der Waals surface area contributed by atoms with Crippen molar-refractivity contribution in [2.75, 3.05) is 39.5 Å². The van der Waals surface area contributed by atoms with Crippen LogP contribution < -0.4 is 5.73 Å². The second kappa shape index (κ2) is 5.79. The second-order valence-electron chi connectivity index (χ2n) is 5.52. The molecule has 21 heavy (non-hydrogen) atoms. The SMILES string of the molecule is CN1CCCN(C)C(c2noc(-c3cccc(N)n3)n2)C1. The summed E-state index contributed by atoms with van der Waals surface area (Å²) in [5.74, 6) is 1.56. The molecule has 1 aliphatic heterocycles. The average Bonchev–Trinajstić information content (AvgIpc) is 2.87. The lowest BCUT2D eigenvalue weighted by molar-refractivity contribution is 0.215. The quantitative estimate of drug-likeness (QED) is 0.883. The van der Waals surface area contributed by atoms with E-state index in [1.807, 2.05) is 12.1 Å². The smallest absolute Gasteiger partial charge is 0.276 e. The maximum absolute atomic E-state index is 5.69. The molecule has 0 radical (unpaired) electrons. The van der Waals surface area contributed by atoms with Crippen LogP contribution in [-0.2, 0) is 0 Å². The molecule has 0 bridgehead atoms. The van der Waals surface area contributed by atoms with E-state index in [0.717, 1.165) is 26.1 Å². The second-order valence-corrected chi connectivity index (χ2v) is 5.52. The largest absolute Gasteiger partial charge is 0.384 e. The number of aromatic nitrogens is 3.